The summed E-state index contributed by atoms with van der Waals surface area (Å²) in [5.41, 5.74) is 3.20. The first-order chi connectivity index (χ1) is 10.7. The van der Waals surface area contributed by atoms with Gasteiger partial charge in [0.2, 0.25) is 0 Å². The van der Waals surface area contributed by atoms with Crippen molar-refractivity contribution in [2.45, 2.75) is 40.0 Å². The zero-order chi connectivity index (χ0) is 15.5. The standard InChI is InChI=1S/C15H21BN6/c1-4-13-7-10-20(17-13)16(21-11-8-14(5-2)18-21)22-12-9-15(6-3)19-22/h7-12H,4-6H2,1-3H3. The Morgan fingerprint density at radius 2 is 1.00 bits per heavy atom. The summed E-state index contributed by atoms with van der Waals surface area (Å²) >= 11 is 0. The van der Waals surface area contributed by atoms with E-state index in [1.807, 2.05) is 50.6 Å². The van der Waals surface area contributed by atoms with E-state index in [4.69, 9.17) is 0 Å². The summed E-state index contributed by atoms with van der Waals surface area (Å²) in [6.07, 6.45) is 8.72. The van der Waals surface area contributed by atoms with Crippen LogP contribution in [0.25, 0.3) is 0 Å². The van der Waals surface area contributed by atoms with Crippen molar-refractivity contribution in [3.8, 4) is 0 Å². The van der Waals surface area contributed by atoms with Crippen LogP contribution in [0.5, 0.6) is 0 Å². The molecule has 114 valence electrons. The fourth-order valence-electron chi connectivity index (χ4n) is 2.45. The third-order valence-electron chi connectivity index (χ3n) is 3.79. The zero-order valence-corrected chi connectivity index (χ0v) is 13.3. The van der Waals surface area contributed by atoms with Gasteiger partial charge in [-0.25, -0.2) is 0 Å². The lowest BCUT2D eigenvalue weighted by Gasteiger charge is -2.13. The molecule has 3 heterocycles. The Bertz CT molecular complexity index is 640. The molecule has 22 heavy (non-hydrogen) atoms. The normalized spacial score (nSPS) is 11.0. The van der Waals surface area contributed by atoms with Crippen LogP contribution in [-0.4, -0.2) is 36.2 Å². The molecule has 3 aromatic heterocycles. The highest BCUT2D eigenvalue weighted by Gasteiger charge is 2.27. The molecule has 0 saturated carbocycles. The van der Waals surface area contributed by atoms with Gasteiger partial charge >= 0.3 is 7.12 Å². The molecule has 0 aliphatic carbocycles. The van der Waals surface area contributed by atoms with Crippen molar-refractivity contribution in [2.75, 3.05) is 0 Å². The Balaban J connectivity index is 2.04. The van der Waals surface area contributed by atoms with Gasteiger partial charge in [-0.15, -0.1) is 0 Å². The van der Waals surface area contributed by atoms with Gasteiger partial charge in [-0.1, -0.05) is 20.8 Å². The molecule has 7 heteroatoms. The van der Waals surface area contributed by atoms with Crippen molar-refractivity contribution in [1.82, 2.24) is 29.1 Å². The minimum absolute atomic E-state index is 0.208. The van der Waals surface area contributed by atoms with Gasteiger partial charge in [-0.05, 0) is 37.5 Å². The van der Waals surface area contributed by atoms with Crippen LogP contribution in [0, 0.1) is 0 Å². The van der Waals surface area contributed by atoms with Crippen LogP contribution in [0.2, 0.25) is 0 Å². The summed E-state index contributed by atoms with van der Waals surface area (Å²) in [5, 5.41) is 13.9. The second-order valence-electron chi connectivity index (χ2n) is 5.27. The first-order valence-electron chi connectivity index (χ1n) is 7.87. The van der Waals surface area contributed by atoms with E-state index in [-0.39, 0.29) is 7.12 Å². The molecule has 3 aromatic rings. The lowest BCUT2D eigenvalue weighted by molar-refractivity contribution is 0.746. The van der Waals surface area contributed by atoms with Crippen molar-refractivity contribution in [3.05, 3.63) is 53.9 Å². The SMILES string of the molecule is CCc1ccn(B(n2ccc(CC)n2)n2ccc(CC)n2)n1. The molecule has 0 atom stereocenters. The molecule has 0 bridgehead atoms. The van der Waals surface area contributed by atoms with Crippen LogP contribution in [0.15, 0.2) is 36.8 Å². The fourth-order valence-corrected chi connectivity index (χ4v) is 2.45. The van der Waals surface area contributed by atoms with E-state index in [2.05, 4.69) is 36.1 Å². The van der Waals surface area contributed by atoms with Gasteiger partial charge in [0, 0.05) is 18.6 Å². The lowest BCUT2D eigenvalue weighted by atomic mass is 9.96. The molecule has 0 fully saturated rings. The van der Waals surface area contributed by atoms with Crippen molar-refractivity contribution in [1.29, 1.82) is 0 Å². The monoisotopic (exact) mass is 296 g/mol. The van der Waals surface area contributed by atoms with Crippen molar-refractivity contribution in [2.24, 2.45) is 0 Å². The Morgan fingerprint density at radius 1 is 0.682 bits per heavy atom. The van der Waals surface area contributed by atoms with Crippen LogP contribution in [0.3, 0.4) is 0 Å². The van der Waals surface area contributed by atoms with E-state index in [0.29, 0.717) is 0 Å². The quantitative estimate of drug-likeness (QED) is 0.653. The lowest BCUT2D eigenvalue weighted by Crippen LogP contribution is -2.43. The molecule has 0 unspecified atom stereocenters. The Hall–Kier alpha value is -2.31. The molecule has 0 spiro atoms. The molecule has 0 aliphatic heterocycles. The van der Waals surface area contributed by atoms with E-state index in [1.165, 1.54) is 0 Å². The molecule has 3 rings (SSSR count). The largest absolute Gasteiger partial charge is 0.568 e. The molecular weight excluding hydrogens is 275 g/mol. The molecule has 0 N–H and O–H groups in total. The van der Waals surface area contributed by atoms with Crippen LogP contribution < -0.4 is 0 Å². The summed E-state index contributed by atoms with van der Waals surface area (Å²) < 4.78 is 5.74. The minimum Gasteiger partial charge on any atom is -0.268 e. The second-order valence-corrected chi connectivity index (χ2v) is 5.27. The second kappa shape index (κ2) is 6.21. The molecule has 0 aromatic carbocycles. The molecule has 0 amide bonds. The summed E-state index contributed by atoms with van der Waals surface area (Å²) in [5.74, 6) is 0. The van der Waals surface area contributed by atoms with E-state index in [9.17, 15) is 0 Å². The molecule has 0 aliphatic rings. The van der Waals surface area contributed by atoms with Crippen LogP contribution >= 0.6 is 0 Å². The topological polar surface area (TPSA) is 53.5 Å². The van der Waals surface area contributed by atoms with E-state index < -0.39 is 0 Å². The van der Waals surface area contributed by atoms with Gasteiger partial charge in [0.25, 0.3) is 0 Å². The molecular formula is C15H21BN6. The number of rotatable bonds is 6. The predicted octanol–water partition coefficient (Wildman–Crippen LogP) is 1.89. The summed E-state index contributed by atoms with van der Waals surface area (Å²) in [6.45, 7) is 6.32. The molecule has 0 saturated heterocycles. The molecule has 0 radical (unpaired) electrons. The van der Waals surface area contributed by atoms with Gasteiger partial charge in [0.15, 0.2) is 0 Å². The van der Waals surface area contributed by atoms with Gasteiger partial charge < -0.3 is 0 Å². The summed E-state index contributed by atoms with van der Waals surface area (Å²) in [7, 11) is -0.208. The van der Waals surface area contributed by atoms with E-state index in [1.54, 1.807) is 0 Å². The van der Waals surface area contributed by atoms with Gasteiger partial charge in [0.1, 0.15) is 0 Å². The zero-order valence-electron chi connectivity index (χ0n) is 13.3. The first kappa shape index (κ1) is 14.6. The summed E-state index contributed by atoms with van der Waals surface area (Å²) in [4.78, 5) is 0. The Kier molecular flexibility index (Phi) is 4.13. The average Bonchev–Trinajstić information content (AvgIpc) is 3.28. The number of hydrogen-bond donors (Lipinski definition) is 0. The smallest absolute Gasteiger partial charge is 0.268 e. The maximum absolute atomic E-state index is 4.65. The highest BCUT2D eigenvalue weighted by atomic mass is 15.4. The molecule has 6 nitrogen and oxygen atoms in total. The predicted molar refractivity (Wildman–Crippen MR) is 86.8 cm³/mol. The van der Waals surface area contributed by atoms with E-state index in [0.717, 1.165) is 36.3 Å². The highest BCUT2D eigenvalue weighted by molar-refractivity contribution is 6.52. The highest BCUT2D eigenvalue weighted by Crippen LogP contribution is 2.06. The van der Waals surface area contributed by atoms with Crippen molar-refractivity contribution < 1.29 is 0 Å². The van der Waals surface area contributed by atoms with Crippen LogP contribution in [0.1, 0.15) is 37.9 Å². The minimum atomic E-state index is -0.208. The Labute approximate surface area is 130 Å². The van der Waals surface area contributed by atoms with E-state index >= 15 is 0 Å². The van der Waals surface area contributed by atoms with Crippen LogP contribution in [-0.2, 0) is 19.3 Å². The number of aromatic nitrogens is 6. The third kappa shape index (κ3) is 2.71. The number of hydrogen-bond acceptors (Lipinski definition) is 3. The van der Waals surface area contributed by atoms with Gasteiger partial charge in [0.05, 0.1) is 17.1 Å². The van der Waals surface area contributed by atoms with Crippen molar-refractivity contribution in [3.63, 3.8) is 0 Å². The first-order valence-corrected chi connectivity index (χ1v) is 7.87. The van der Waals surface area contributed by atoms with Gasteiger partial charge in [-0.2, -0.15) is 15.3 Å². The maximum atomic E-state index is 4.65. The van der Waals surface area contributed by atoms with Crippen LogP contribution in [0.4, 0.5) is 0 Å². The average molecular weight is 296 g/mol. The number of aryl methyl sites for hydroxylation is 3. The van der Waals surface area contributed by atoms with Crippen molar-refractivity contribution >= 4 is 7.12 Å². The maximum Gasteiger partial charge on any atom is 0.568 e. The Morgan fingerprint density at radius 3 is 1.23 bits per heavy atom. The number of nitrogens with zero attached hydrogens (tertiary/aromatic N) is 6. The summed E-state index contributed by atoms with van der Waals surface area (Å²) in [6, 6.07) is 6.13. The third-order valence-corrected chi connectivity index (χ3v) is 3.79. The fraction of sp³-hybridized carbons (Fsp3) is 0.400. The van der Waals surface area contributed by atoms with Gasteiger partial charge in [-0.3, -0.25) is 13.8 Å².